The number of pyridine rings is 1. The molecular formula is C22H18N2O4S. The maximum absolute atomic E-state index is 12.9. The first-order chi connectivity index (χ1) is 14.1. The van der Waals surface area contributed by atoms with E-state index in [2.05, 4.69) is 4.98 Å². The van der Waals surface area contributed by atoms with Crippen LogP contribution < -0.4 is 4.74 Å². The van der Waals surface area contributed by atoms with E-state index in [4.69, 9.17) is 4.74 Å². The number of ether oxygens (including phenoxy) is 1. The number of amides is 1. The minimum atomic E-state index is -0.701. The number of aromatic nitrogens is 1. The minimum Gasteiger partial charge on any atom is -0.507 e. The van der Waals surface area contributed by atoms with Crippen molar-refractivity contribution < 1.29 is 19.4 Å². The number of methoxy groups -OCH3 is 1. The van der Waals surface area contributed by atoms with Crippen molar-refractivity contribution in [2.75, 3.05) is 7.11 Å². The maximum Gasteiger partial charge on any atom is 0.295 e. The highest BCUT2D eigenvalue weighted by molar-refractivity contribution is 7.10. The van der Waals surface area contributed by atoms with Gasteiger partial charge in [-0.2, -0.15) is 0 Å². The van der Waals surface area contributed by atoms with Crippen molar-refractivity contribution in [2.24, 2.45) is 0 Å². The Morgan fingerprint density at radius 2 is 2.07 bits per heavy atom. The van der Waals surface area contributed by atoms with Gasteiger partial charge in [-0.15, -0.1) is 11.3 Å². The lowest BCUT2D eigenvalue weighted by Gasteiger charge is -2.24. The second-order valence-corrected chi connectivity index (χ2v) is 7.51. The van der Waals surface area contributed by atoms with Gasteiger partial charge in [0, 0.05) is 29.4 Å². The van der Waals surface area contributed by atoms with E-state index in [1.54, 1.807) is 42.7 Å². The normalized spacial score (nSPS) is 18.2. The van der Waals surface area contributed by atoms with Gasteiger partial charge in [-0.3, -0.25) is 14.6 Å². The van der Waals surface area contributed by atoms with Gasteiger partial charge in [-0.05, 0) is 35.2 Å². The van der Waals surface area contributed by atoms with E-state index < -0.39 is 17.7 Å². The van der Waals surface area contributed by atoms with Crippen molar-refractivity contribution in [1.82, 2.24) is 9.88 Å². The van der Waals surface area contributed by atoms with Gasteiger partial charge < -0.3 is 14.7 Å². The van der Waals surface area contributed by atoms with Crippen LogP contribution in [0.2, 0.25) is 0 Å². The molecule has 1 amide bonds. The van der Waals surface area contributed by atoms with E-state index in [-0.39, 0.29) is 17.9 Å². The quantitative estimate of drug-likeness (QED) is 0.396. The van der Waals surface area contributed by atoms with Gasteiger partial charge in [0.15, 0.2) is 0 Å². The van der Waals surface area contributed by atoms with Crippen molar-refractivity contribution in [3.63, 3.8) is 0 Å². The summed E-state index contributed by atoms with van der Waals surface area (Å²) in [7, 11) is 1.53. The summed E-state index contributed by atoms with van der Waals surface area (Å²) >= 11 is 1.43. The first-order valence-electron chi connectivity index (χ1n) is 8.95. The number of rotatable bonds is 5. The third-order valence-corrected chi connectivity index (χ3v) is 5.70. The summed E-state index contributed by atoms with van der Waals surface area (Å²) in [5, 5.41) is 12.9. The summed E-state index contributed by atoms with van der Waals surface area (Å²) < 4.78 is 5.21. The molecule has 0 spiro atoms. The predicted molar refractivity (Wildman–Crippen MR) is 109 cm³/mol. The monoisotopic (exact) mass is 406 g/mol. The number of carbonyl (C=O) groups excluding carboxylic acids is 2. The van der Waals surface area contributed by atoms with Crippen molar-refractivity contribution in [3.8, 4) is 5.75 Å². The molecule has 1 fully saturated rings. The zero-order valence-corrected chi connectivity index (χ0v) is 16.4. The number of likely N-dealkylation sites (tertiary alicyclic amines) is 1. The number of benzene rings is 1. The lowest BCUT2D eigenvalue weighted by molar-refractivity contribution is -0.140. The molecule has 3 heterocycles. The highest BCUT2D eigenvalue weighted by atomic mass is 32.1. The molecule has 1 atom stereocenters. The molecule has 0 bridgehead atoms. The van der Waals surface area contributed by atoms with E-state index in [0.29, 0.717) is 11.3 Å². The van der Waals surface area contributed by atoms with Crippen molar-refractivity contribution >= 4 is 28.8 Å². The number of ketones is 1. The number of aliphatic hydroxyl groups excluding tert-OH is 1. The molecule has 6 nitrogen and oxygen atoms in total. The van der Waals surface area contributed by atoms with Crippen LogP contribution in [0, 0.1) is 0 Å². The summed E-state index contributed by atoms with van der Waals surface area (Å²) in [6.45, 7) is 0.218. The van der Waals surface area contributed by atoms with E-state index in [1.807, 2.05) is 23.6 Å². The maximum atomic E-state index is 12.9. The fraction of sp³-hybridized carbons (Fsp3) is 0.136. The molecule has 0 aliphatic carbocycles. The number of hydrogen-bond acceptors (Lipinski definition) is 6. The minimum absolute atomic E-state index is 0.0783. The van der Waals surface area contributed by atoms with Crippen LogP contribution in [0.5, 0.6) is 5.75 Å². The third kappa shape index (κ3) is 3.52. The van der Waals surface area contributed by atoms with E-state index >= 15 is 0 Å². The Labute approximate surface area is 171 Å². The average Bonchev–Trinajstić information content (AvgIpc) is 3.37. The van der Waals surface area contributed by atoms with Crippen LogP contribution in [0.3, 0.4) is 0 Å². The molecule has 0 unspecified atom stereocenters. The average molecular weight is 406 g/mol. The first kappa shape index (κ1) is 18.9. The predicted octanol–water partition coefficient (Wildman–Crippen LogP) is 3.77. The Morgan fingerprint density at radius 1 is 1.21 bits per heavy atom. The zero-order valence-electron chi connectivity index (χ0n) is 15.6. The Morgan fingerprint density at radius 3 is 2.76 bits per heavy atom. The summed E-state index contributed by atoms with van der Waals surface area (Å²) in [5.74, 6) is -1.01. The van der Waals surface area contributed by atoms with Crippen molar-refractivity contribution in [2.45, 2.75) is 12.6 Å². The molecule has 2 aromatic heterocycles. The molecule has 146 valence electrons. The second-order valence-electron chi connectivity index (χ2n) is 6.54. The van der Waals surface area contributed by atoms with Crippen LogP contribution in [0.15, 0.2) is 71.9 Å². The van der Waals surface area contributed by atoms with Gasteiger partial charge in [-0.25, -0.2) is 0 Å². The molecule has 0 radical (unpaired) electrons. The number of carbonyl (C=O) groups is 2. The fourth-order valence-corrected chi connectivity index (χ4v) is 4.25. The highest BCUT2D eigenvalue weighted by Gasteiger charge is 2.46. The van der Waals surface area contributed by atoms with E-state index in [9.17, 15) is 14.7 Å². The highest BCUT2D eigenvalue weighted by Crippen LogP contribution is 2.42. The lowest BCUT2D eigenvalue weighted by Crippen LogP contribution is -2.28. The fourth-order valence-electron chi connectivity index (χ4n) is 3.40. The Balaban J connectivity index is 1.83. The van der Waals surface area contributed by atoms with Gasteiger partial charge in [0.05, 0.1) is 18.7 Å². The van der Waals surface area contributed by atoms with Gasteiger partial charge in [0.25, 0.3) is 11.7 Å². The number of hydrogen-bond donors (Lipinski definition) is 1. The summed E-state index contributed by atoms with van der Waals surface area (Å²) in [4.78, 5) is 32.2. The Kier molecular flexibility index (Phi) is 5.14. The van der Waals surface area contributed by atoms with Gasteiger partial charge in [-0.1, -0.05) is 24.3 Å². The van der Waals surface area contributed by atoms with Crippen LogP contribution in [0.4, 0.5) is 0 Å². The first-order valence-corrected chi connectivity index (χ1v) is 9.83. The van der Waals surface area contributed by atoms with E-state index in [1.165, 1.54) is 23.3 Å². The molecule has 7 heteroatoms. The number of nitrogens with zero attached hydrogens (tertiary/aromatic N) is 2. The molecule has 1 saturated heterocycles. The molecule has 0 saturated carbocycles. The standard InChI is InChI=1S/C22H18N2O4S/c1-28-16-7-2-6-15(11-16)20(25)18-19(17-8-4-10-29-17)24(22(27)21(18)26)13-14-5-3-9-23-12-14/h2-12,19,25H,13H2,1H3/b20-18+/t19-/m1/s1. The van der Waals surface area contributed by atoms with Gasteiger partial charge in [0.1, 0.15) is 11.5 Å². The molecule has 29 heavy (non-hydrogen) atoms. The summed E-state index contributed by atoms with van der Waals surface area (Å²) in [6, 6.07) is 13.5. The van der Waals surface area contributed by atoms with Crippen LogP contribution >= 0.6 is 11.3 Å². The number of aliphatic hydroxyl groups is 1. The van der Waals surface area contributed by atoms with Crippen LogP contribution in [-0.4, -0.2) is 33.8 Å². The summed E-state index contributed by atoms with van der Waals surface area (Å²) in [6.07, 6.45) is 3.31. The van der Waals surface area contributed by atoms with E-state index in [0.717, 1.165) is 10.4 Å². The number of Topliss-reactive ketones (excluding diaryl/α,β-unsaturated/α-hetero) is 1. The topological polar surface area (TPSA) is 79.7 Å². The Bertz CT molecular complexity index is 1080. The molecule has 1 aromatic carbocycles. The molecule has 3 aromatic rings. The molecular weight excluding hydrogens is 388 g/mol. The molecule has 1 aliphatic heterocycles. The van der Waals surface area contributed by atoms with Crippen LogP contribution in [0.1, 0.15) is 22.0 Å². The van der Waals surface area contributed by atoms with Crippen molar-refractivity contribution in [3.05, 3.63) is 87.9 Å². The van der Waals surface area contributed by atoms with Crippen LogP contribution in [0.25, 0.3) is 5.76 Å². The summed E-state index contributed by atoms with van der Waals surface area (Å²) in [5.41, 5.74) is 1.30. The van der Waals surface area contributed by atoms with Gasteiger partial charge in [0.2, 0.25) is 0 Å². The lowest BCUT2D eigenvalue weighted by atomic mass is 9.99. The third-order valence-electron chi connectivity index (χ3n) is 4.77. The Hall–Kier alpha value is -3.45. The largest absolute Gasteiger partial charge is 0.507 e. The van der Waals surface area contributed by atoms with Crippen molar-refractivity contribution in [1.29, 1.82) is 0 Å². The van der Waals surface area contributed by atoms with Crippen LogP contribution in [-0.2, 0) is 16.1 Å². The molecule has 1 aliphatic rings. The smallest absolute Gasteiger partial charge is 0.295 e. The zero-order chi connectivity index (χ0) is 20.4. The molecule has 1 N–H and O–H groups in total. The molecule has 4 rings (SSSR count). The SMILES string of the molecule is COc1cccc(/C(O)=C2\C(=O)C(=O)N(Cc3cccnc3)[C@@H]2c2cccs2)c1. The second kappa shape index (κ2) is 7.89. The number of thiophene rings is 1. The van der Waals surface area contributed by atoms with Gasteiger partial charge >= 0.3 is 0 Å².